The van der Waals surface area contributed by atoms with E-state index in [1.54, 1.807) is 7.11 Å². The monoisotopic (exact) mass is 436 g/mol. The Hall–Kier alpha value is -2.42. The molecule has 3 nitrogen and oxygen atoms in total. The van der Waals surface area contributed by atoms with E-state index in [0.29, 0.717) is 12.8 Å². The summed E-state index contributed by atoms with van der Waals surface area (Å²) in [6.45, 7) is 0. The van der Waals surface area contributed by atoms with Crippen LogP contribution in [0.5, 0.6) is 5.75 Å². The van der Waals surface area contributed by atoms with Crippen LogP contribution in [0.4, 0.5) is 0 Å². The summed E-state index contributed by atoms with van der Waals surface area (Å²) in [6, 6.07) is 19.7. The topological polar surface area (TPSA) is 43.4 Å². The molecule has 0 aliphatic carbocycles. The second-order valence-electron chi connectivity index (χ2n) is 7.45. The van der Waals surface area contributed by atoms with E-state index in [-0.39, 0.29) is 0 Å². The second-order valence-corrected chi connectivity index (χ2v) is 11.1. The van der Waals surface area contributed by atoms with Gasteiger partial charge in [-0.3, -0.25) is 0 Å². The first kappa shape index (κ1) is 20.8. The molecule has 0 fully saturated rings. The first-order valence-corrected chi connectivity index (χ1v) is 12.5. The molecule has 2 atom stereocenters. The Morgan fingerprint density at radius 2 is 1.83 bits per heavy atom. The summed E-state index contributed by atoms with van der Waals surface area (Å²) < 4.78 is 32.2. The minimum atomic E-state index is -3.40. The largest absolute Gasteiger partial charge is 0.496 e. The molecular weight excluding hydrogens is 412 g/mol. The van der Waals surface area contributed by atoms with Crippen molar-refractivity contribution in [2.45, 2.75) is 40.4 Å². The van der Waals surface area contributed by atoms with Gasteiger partial charge in [0.2, 0.25) is 0 Å². The van der Waals surface area contributed by atoms with Crippen LogP contribution in [0.1, 0.15) is 46.6 Å². The lowest BCUT2D eigenvalue weighted by Gasteiger charge is -2.14. The van der Waals surface area contributed by atoms with E-state index in [4.69, 9.17) is 11.2 Å². The van der Waals surface area contributed by atoms with Crippen molar-refractivity contribution < 1.29 is 13.2 Å². The summed E-state index contributed by atoms with van der Waals surface area (Å²) in [5, 5.41) is 1.45. The number of fused-ring (bicyclic) bond motifs is 2. The number of thioether (sulfide) groups is 1. The van der Waals surface area contributed by atoms with E-state index < -0.39 is 19.7 Å². The number of unbranched alkanes of at least 4 members (excludes halogenated alkanes) is 2. The van der Waals surface area contributed by atoms with Gasteiger partial charge >= 0.3 is 0 Å². The predicted octanol–water partition coefficient (Wildman–Crippen LogP) is 6.30. The van der Waals surface area contributed by atoms with Crippen molar-refractivity contribution in [2.75, 3.05) is 7.11 Å². The van der Waals surface area contributed by atoms with Gasteiger partial charge in [-0.15, -0.1) is 24.1 Å². The van der Waals surface area contributed by atoms with Crippen LogP contribution < -0.4 is 4.74 Å². The Labute approximate surface area is 182 Å². The Morgan fingerprint density at radius 1 is 1.03 bits per heavy atom. The van der Waals surface area contributed by atoms with Gasteiger partial charge < -0.3 is 4.74 Å². The van der Waals surface area contributed by atoms with Crippen LogP contribution in [-0.2, 0) is 9.84 Å². The molecule has 154 valence electrons. The predicted molar refractivity (Wildman–Crippen MR) is 125 cm³/mol. The normalized spacial score (nSPS) is 19.3. The fraction of sp³-hybridized carbons (Fsp3) is 0.280. The van der Waals surface area contributed by atoms with E-state index in [0.717, 1.165) is 45.4 Å². The zero-order chi connectivity index (χ0) is 21.1. The summed E-state index contributed by atoms with van der Waals surface area (Å²) >= 11 is 1.41. The van der Waals surface area contributed by atoms with Gasteiger partial charge in [0, 0.05) is 16.7 Å². The molecule has 0 amide bonds. The molecule has 0 spiro atoms. The fourth-order valence-electron chi connectivity index (χ4n) is 4.12. The number of sulfone groups is 1. The Balaban J connectivity index is 1.82. The summed E-state index contributed by atoms with van der Waals surface area (Å²) in [7, 11) is -1.76. The summed E-state index contributed by atoms with van der Waals surface area (Å²) in [4.78, 5) is 0.949. The minimum absolute atomic E-state index is 0.498. The van der Waals surface area contributed by atoms with Gasteiger partial charge in [-0.25, -0.2) is 8.42 Å². The van der Waals surface area contributed by atoms with E-state index in [9.17, 15) is 8.42 Å². The molecule has 2 unspecified atom stereocenters. The molecule has 0 N–H and O–H groups in total. The van der Waals surface area contributed by atoms with E-state index in [2.05, 4.69) is 5.92 Å². The zero-order valence-corrected chi connectivity index (χ0v) is 18.5. The Bertz CT molecular complexity index is 1190. The van der Waals surface area contributed by atoms with Crippen LogP contribution in [0.3, 0.4) is 0 Å². The molecule has 0 saturated carbocycles. The third-order valence-electron chi connectivity index (χ3n) is 5.58. The van der Waals surface area contributed by atoms with Gasteiger partial charge in [-0.1, -0.05) is 36.8 Å². The molecule has 1 aliphatic heterocycles. The highest BCUT2D eigenvalue weighted by Crippen LogP contribution is 2.55. The minimum Gasteiger partial charge on any atom is -0.496 e. The number of hydrogen-bond donors (Lipinski definition) is 0. The quantitative estimate of drug-likeness (QED) is 0.322. The zero-order valence-electron chi connectivity index (χ0n) is 16.9. The lowest BCUT2D eigenvalue weighted by molar-refractivity contribution is 0.420. The van der Waals surface area contributed by atoms with Crippen LogP contribution >= 0.6 is 11.8 Å². The van der Waals surface area contributed by atoms with Gasteiger partial charge in [0.05, 0.1) is 12.4 Å². The Kier molecular flexibility index (Phi) is 6.08. The van der Waals surface area contributed by atoms with Gasteiger partial charge in [-0.2, -0.15) is 0 Å². The van der Waals surface area contributed by atoms with Gasteiger partial charge in [0.25, 0.3) is 0 Å². The van der Waals surface area contributed by atoms with Crippen molar-refractivity contribution in [3.05, 3.63) is 71.8 Å². The molecule has 0 radical (unpaired) electrons. The first-order chi connectivity index (χ1) is 14.6. The van der Waals surface area contributed by atoms with Crippen molar-refractivity contribution in [1.29, 1.82) is 0 Å². The molecule has 1 heterocycles. The summed E-state index contributed by atoms with van der Waals surface area (Å²) in [6.07, 6.45) is 8.28. The SMILES string of the molecule is C#CCCCCC1c2cc3cccc(OC)c3cc2C(Sc2ccccc2)S1(=O)=O. The molecule has 30 heavy (non-hydrogen) atoms. The lowest BCUT2D eigenvalue weighted by atomic mass is 9.97. The van der Waals surface area contributed by atoms with Gasteiger partial charge in [0.15, 0.2) is 9.84 Å². The van der Waals surface area contributed by atoms with Crippen LogP contribution in [0.2, 0.25) is 0 Å². The second kappa shape index (κ2) is 8.75. The van der Waals surface area contributed by atoms with Crippen molar-refractivity contribution in [3.8, 4) is 18.1 Å². The van der Waals surface area contributed by atoms with Crippen molar-refractivity contribution in [1.82, 2.24) is 0 Å². The molecule has 0 aromatic heterocycles. The van der Waals surface area contributed by atoms with Crippen LogP contribution in [0.15, 0.2) is 65.6 Å². The molecule has 0 saturated heterocycles. The highest BCUT2D eigenvalue weighted by atomic mass is 32.3. The average Bonchev–Trinajstić information content (AvgIpc) is 2.96. The highest BCUT2D eigenvalue weighted by Gasteiger charge is 2.45. The van der Waals surface area contributed by atoms with Crippen LogP contribution in [0.25, 0.3) is 10.8 Å². The number of benzene rings is 3. The maximum Gasteiger partial charge on any atom is 0.174 e. The van der Waals surface area contributed by atoms with Crippen molar-refractivity contribution in [2.24, 2.45) is 0 Å². The van der Waals surface area contributed by atoms with Crippen LogP contribution in [-0.4, -0.2) is 15.5 Å². The van der Waals surface area contributed by atoms with Gasteiger partial charge in [-0.05, 0) is 59.7 Å². The molecule has 1 aliphatic rings. The molecule has 3 aromatic carbocycles. The fourth-order valence-corrected chi connectivity index (χ4v) is 8.20. The Morgan fingerprint density at radius 3 is 2.57 bits per heavy atom. The molecule has 4 rings (SSSR count). The molecule has 0 bridgehead atoms. The average molecular weight is 437 g/mol. The number of ether oxygens (including phenoxy) is 1. The molecule has 3 aromatic rings. The number of rotatable bonds is 7. The van der Waals surface area contributed by atoms with Crippen molar-refractivity contribution >= 4 is 32.4 Å². The number of methoxy groups -OCH3 is 1. The smallest absolute Gasteiger partial charge is 0.174 e. The first-order valence-electron chi connectivity index (χ1n) is 10.0. The third kappa shape index (κ3) is 3.82. The maximum atomic E-state index is 13.7. The van der Waals surface area contributed by atoms with Crippen LogP contribution in [0, 0.1) is 12.3 Å². The highest BCUT2D eigenvalue weighted by molar-refractivity contribution is 8.13. The third-order valence-corrected chi connectivity index (χ3v) is 9.82. The number of hydrogen-bond acceptors (Lipinski definition) is 4. The standard InChI is InChI=1S/C25H24O3S2/c1-3-4-5-9-15-24-21-16-18-11-10-14-23(28-2)20(18)17-22(21)25(30(24,26)27)29-19-12-7-6-8-13-19/h1,6-8,10-14,16-17,24-25H,4-5,9,15H2,2H3. The summed E-state index contributed by atoms with van der Waals surface area (Å²) in [5.41, 5.74) is 1.80. The summed E-state index contributed by atoms with van der Waals surface area (Å²) in [5.74, 6) is 3.40. The van der Waals surface area contributed by atoms with E-state index in [1.807, 2.05) is 60.7 Å². The maximum absolute atomic E-state index is 13.7. The van der Waals surface area contributed by atoms with Gasteiger partial charge in [0.1, 0.15) is 10.3 Å². The van der Waals surface area contributed by atoms with E-state index >= 15 is 0 Å². The number of terminal acetylenes is 1. The van der Waals surface area contributed by atoms with E-state index in [1.165, 1.54) is 11.8 Å². The lowest BCUT2D eigenvalue weighted by Crippen LogP contribution is -2.10. The van der Waals surface area contributed by atoms with Crippen molar-refractivity contribution in [3.63, 3.8) is 0 Å². The molecule has 5 heteroatoms. The molecular formula is C25H24O3S2.